The summed E-state index contributed by atoms with van der Waals surface area (Å²) in [5, 5.41) is 8.51. The molecule has 3 N–H and O–H groups in total. The van der Waals surface area contributed by atoms with Crippen molar-refractivity contribution in [3.8, 4) is 0 Å². The molecule has 2 atom stereocenters. The number of likely N-dealkylation sites (N-methyl/N-ethyl adjacent to an activating group) is 1. The van der Waals surface area contributed by atoms with Crippen LogP contribution in [0.4, 0.5) is 0 Å². The van der Waals surface area contributed by atoms with E-state index in [-0.39, 0.29) is 17.9 Å². The van der Waals surface area contributed by atoms with Crippen LogP contribution in [0.25, 0.3) is 0 Å². The van der Waals surface area contributed by atoms with Crippen molar-refractivity contribution in [3.63, 3.8) is 0 Å². The molecule has 6 heteroatoms. The number of rotatable bonds is 4. The molecule has 1 aliphatic heterocycles. The predicted molar refractivity (Wildman–Crippen MR) is 65.4 cm³/mol. The summed E-state index contributed by atoms with van der Waals surface area (Å²) in [6.45, 7) is 4.97. The summed E-state index contributed by atoms with van der Waals surface area (Å²) < 4.78 is 0. The van der Waals surface area contributed by atoms with Crippen LogP contribution in [-0.4, -0.2) is 48.5 Å². The van der Waals surface area contributed by atoms with Gasteiger partial charge in [0, 0.05) is 24.6 Å². The Morgan fingerprint density at radius 1 is 1.56 bits per heavy atom. The molecule has 16 heavy (non-hydrogen) atoms. The molecule has 1 saturated heterocycles. The summed E-state index contributed by atoms with van der Waals surface area (Å²) in [5.41, 5.74) is 0. The number of nitrogens with one attached hydrogen (secondary N) is 3. The van der Waals surface area contributed by atoms with E-state index < -0.39 is 6.04 Å². The zero-order valence-electron chi connectivity index (χ0n) is 9.71. The summed E-state index contributed by atoms with van der Waals surface area (Å²) in [4.78, 5) is 23.2. The van der Waals surface area contributed by atoms with Gasteiger partial charge >= 0.3 is 0 Å². The van der Waals surface area contributed by atoms with Gasteiger partial charge < -0.3 is 16.0 Å². The first kappa shape index (κ1) is 13.3. The molecule has 0 spiro atoms. The maximum Gasteiger partial charge on any atom is 0.242 e. The number of carbonyl (C=O) groups excluding carboxylic acids is 2. The second kappa shape index (κ2) is 6.75. The van der Waals surface area contributed by atoms with Gasteiger partial charge in [-0.25, -0.2) is 0 Å². The second-order valence-electron chi connectivity index (χ2n) is 3.71. The first-order chi connectivity index (χ1) is 7.65. The van der Waals surface area contributed by atoms with Crippen LogP contribution >= 0.6 is 11.8 Å². The molecule has 0 aromatic rings. The summed E-state index contributed by atoms with van der Waals surface area (Å²) in [6.07, 6.45) is 0. The van der Waals surface area contributed by atoms with Gasteiger partial charge in [0.2, 0.25) is 11.8 Å². The van der Waals surface area contributed by atoms with Gasteiger partial charge in [0.25, 0.3) is 0 Å². The first-order valence-electron chi connectivity index (χ1n) is 5.54. The van der Waals surface area contributed by atoms with Gasteiger partial charge in [0.1, 0.15) is 6.04 Å². The minimum atomic E-state index is -0.471. The number of hydrogen-bond acceptors (Lipinski definition) is 4. The average Bonchev–Trinajstić information content (AvgIpc) is 2.30. The van der Waals surface area contributed by atoms with Crippen molar-refractivity contribution in [2.24, 2.45) is 0 Å². The van der Waals surface area contributed by atoms with Crippen LogP contribution in [0.2, 0.25) is 0 Å². The van der Waals surface area contributed by atoms with Gasteiger partial charge in [0.15, 0.2) is 0 Å². The van der Waals surface area contributed by atoms with Crippen molar-refractivity contribution in [3.05, 3.63) is 0 Å². The highest BCUT2D eigenvalue weighted by atomic mass is 32.2. The zero-order valence-corrected chi connectivity index (χ0v) is 10.5. The molecular weight excluding hydrogens is 226 g/mol. The second-order valence-corrected chi connectivity index (χ2v) is 4.86. The maximum atomic E-state index is 11.8. The lowest BCUT2D eigenvalue weighted by atomic mass is 10.2. The van der Waals surface area contributed by atoms with Crippen LogP contribution in [0.5, 0.6) is 0 Å². The van der Waals surface area contributed by atoms with Crippen LogP contribution in [0.3, 0.4) is 0 Å². The van der Waals surface area contributed by atoms with Gasteiger partial charge in [-0.15, -0.1) is 0 Å². The molecule has 1 rings (SSSR count). The minimum absolute atomic E-state index is 0.0917. The highest BCUT2D eigenvalue weighted by Crippen LogP contribution is 2.07. The third-order valence-corrected chi connectivity index (χ3v) is 3.40. The zero-order chi connectivity index (χ0) is 12.0. The molecule has 0 aliphatic carbocycles. The molecule has 0 saturated carbocycles. The number of thioether (sulfide) groups is 1. The standard InChI is InChI=1S/C10H19N3O2S/c1-3-11-9(14)7(2)13-10(15)8-6-16-5-4-12-8/h7-8,12H,3-6H2,1-2H3,(H,11,14)(H,13,15). The highest BCUT2D eigenvalue weighted by Gasteiger charge is 2.23. The molecular formula is C10H19N3O2S. The predicted octanol–water partition coefficient (Wildman–Crippen LogP) is -0.668. The minimum Gasteiger partial charge on any atom is -0.355 e. The van der Waals surface area contributed by atoms with Crippen molar-refractivity contribution in [2.45, 2.75) is 25.9 Å². The molecule has 2 amide bonds. The van der Waals surface area contributed by atoms with Gasteiger partial charge in [-0.2, -0.15) is 11.8 Å². The Balaban J connectivity index is 2.34. The molecule has 1 fully saturated rings. The molecule has 0 aromatic carbocycles. The SMILES string of the molecule is CCNC(=O)C(C)NC(=O)C1CSCCN1. The Labute approximate surface area is 100 Å². The fourth-order valence-corrected chi connectivity index (χ4v) is 2.37. The Morgan fingerprint density at radius 2 is 2.31 bits per heavy atom. The quantitative estimate of drug-likeness (QED) is 0.614. The number of hydrogen-bond donors (Lipinski definition) is 3. The molecule has 92 valence electrons. The maximum absolute atomic E-state index is 11.8. The Kier molecular flexibility index (Phi) is 5.62. The van der Waals surface area contributed by atoms with Crippen molar-refractivity contribution in [1.82, 2.24) is 16.0 Å². The van der Waals surface area contributed by atoms with Gasteiger partial charge in [0.05, 0.1) is 6.04 Å². The summed E-state index contributed by atoms with van der Waals surface area (Å²) in [6, 6.07) is -0.642. The van der Waals surface area contributed by atoms with E-state index in [1.807, 2.05) is 6.92 Å². The van der Waals surface area contributed by atoms with Gasteiger partial charge in [-0.05, 0) is 13.8 Å². The average molecular weight is 245 g/mol. The van der Waals surface area contributed by atoms with E-state index in [0.29, 0.717) is 6.54 Å². The lowest BCUT2D eigenvalue weighted by Gasteiger charge is -2.23. The number of amides is 2. The molecule has 0 bridgehead atoms. The summed E-state index contributed by atoms with van der Waals surface area (Å²) >= 11 is 1.75. The third kappa shape index (κ3) is 4.02. The lowest BCUT2D eigenvalue weighted by Crippen LogP contribution is -2.54. The van der Waals surface area contributed by atoms with Gasteiger partial charge in [-0.3, -0.25) is 9.59 Å². The monoisotopic (exact) mass is 245 g/mol. The smallest absolute Gasteiger partial charge is 0.242 e. The van der Waals surface area contributed by atoms with Crippen LogP contribution in [-0.2, 0) is 9.59 Å². The molecule has 0 radical (unpaired) electrons. The van der Waals surface area contributed by atoms with Crippen molar-refractivity contribution < 1.29 is 9.59 Å². The van der Waals surface area contributed by atoms with Crippen molar-refractivity contribution in [2.75, 3.05) is 24.6 Å². The molecule has 0 aromatic heterocycles. The van der Waals surface area contributed by atoms with Crippen LogP contribution in [0.1, 0.15) is 13.8 Å². The Hall–Kier alpha value is -0.750. The van der Waals surface area contributed by atoms with Gasteiger partial charge in [-0.1, -0.05) is 0 Å². The Morgan fingerprint density at radius 3 is 2.88 bits per heavy atom. The summed E-state index contributed by atoms with van der Waals surface area (Å²) in [7, 11) is 0. The topological polar surface area (TPSA) is 70.2 Å². The van der Waals surface area contributed by atoms with E-state index in [2.05, 4.69) is 16.0 Å². The lowest BCUT2D eigenvalue weighted by molar-refractivity contribution is -0.129. The largest absolute Gasteiger partial charge is 0.355 e. The highest BCUT2D eigenvalue weighted by molar-refractivity contribution is 7.99. The van der Waals surface area contributed by atoms with Crippen molar-refractivity contribution >= 4 is 23.6 Å². The van der Waals surface area contributed by atoms with Crippen LogP contribution in [0, 0.1) is 0 Å². The Bertz CT molecular complexity index is 254. The first-order valence-corrected chi connectivity index (χ1v) is 6.69. The fourth-order valence-electron chi connectivity index (χ4n) is 1.44. The van der Waals surface area contributed by atoms with Crippen LogP contribution in [0.15, 0.2) is 0 Å². The molecule has 5 nitrogen and oxygen atoms in total. The molecule has 2 unspecified atom stereocenters. The van der Waals surface area contributed by atoms with E-state index in [1.54, 1.807) is 18.7 Å². The third-order valence-electron chi connectivity index (χ3n) is 2.34. The summed E-state index contributed by atoms with van der Waals surface area (Å²) in [5.74, 6) is 1.58. The molecule has 1 heterocycles. The van der Waals surface area contributed by atoms with E-state index in [4.69, 9.17) is 0 Å². The fraction of sp³-hybridized carbons (Fsp3) is 0.800. The van der Waals surface area contributed by atoms with E-state index >= 15 is 0 Å². The number of carbonyl (C=O) groups is 2. The van der Waals surface area contributed by atoms with Crippen molar-refractivity contribution in [1.29, 1.82) is 0 Å². The van der Waals surface area contributed by atoms with E-state index in [9.17, 15) is 9.59 Å². The van der Waals surface area contributed by atoms with E-state index in [1.165, 1.54) is 0 Å². The van der Waals surface area contributed by atoms with Crippen LogP contribution < -0.4 is 16.0 Å². The molecule has 1 aliphatic rings. The van der Waals surface area contributed by atoms with E-state index in [0.717, 1.165) is 18.1 Å². The normalized spacial score (nSPS) is 22.2.